The summed E-state index contributed by atoms with van der Waals surface area (Å²) in [6, 6.07) is 1.99. The normalized spacial score (nSPS) is 12.9. The van der Waals surface area contributed by atoms with Gasteiger partial charge in [0.1, 0.15) is 0 Å². The van der Waals surface area contributed by atoms with Crippen LogP contribution in [-0.2, 0) is 4.74 Å². The molecule has 102 valence electrons. The lowest BCUT2D eigenvalue weighted by molar-refractivity contribution is -0.307. The zero-order valence-electron chi connectivity index (χ0n) is 8.10. The SMILES string of the molecule is O=C(OC(C(F)(F)F)C(F)(F)F)c1ccc(Br)o1. The second-order valence-corrected chi connectivity index (χ2v) is 3.75. The minimum Gasteiger partial charge on any atom is -0.442 e. The van der Waals surface area contributed by atoms with E-state index in [4.69, 9.17) is 0 Å². The molecule has 0 fully saturated rings. The molecule has 0 N–H and O–H groups in total. The first-order valence-corrected chi connectivity index (χ1v) is 4.91. The average Bonchev–Trinajstić information content (AvgIpc) is 2.57. The van der Waals surface area contributed by atoms with E-state index in [1.54, 1.807) is 0 Å². The van der Waals surface area contributed by atoms with Crippen molar-refractivity contribution < 1.29 is 40.3 Å². The van der Waals surface area contributed by atoms with Crippen molar-refractivity contribution in [2.24, 2.45) is 0 Å². The predicted molar refractivity (Wildman–Crippen MR) is 47.7 cm³/mol. The van der Waals surface area contributed by atoms with E-state index in [0.717, 1.165) is 12.1 Å². The third-order valence-electron chi connectivity index (χ3n) is 1.59. The van der Waals surface area contributed by atoms with Gasteiger partial charge in [0.05, 0.1) is 0 Å². The molecule has 0 aromatic carbocycles. The van der Waals surface area contributed by atoms with E-state index in [-0.39, 0.29) is 4.67 Å². The molecular formula is C8H3BrF6O3. The van der Waals surface area contributed by atoms with Gasteiger partial charge in [-0.05, 0) is 28.1 Å². The van der Waals surface area contributed by atoms with Crippen LogP contribution < -0.4 is 0 Å². The number of alkyl halides is 6. The van der Waals surface area contributed by atoms with Gasteiger partial charge in [0.2, 0.25) is 5.76 Å². The summed E-state index contributed by atoms with van der Waals surface area (Å²) >= 11 is 2.73. The Labute approximate surface area is 104 Å². The fourth-order valence-corrected chi connectivity index (χ4v) is 1.21. The van der Waals surface area contributed by atoms with Crippen LogP contribution >= 0.6 is 15.9 Å². The largest absolute Gasteiger partial charge is 0.442 e. The third-order valence-corrected chi connectivity index (χ3v) is 2.02. The van der Waals surface area contributed by atoms with E-state index < -0.39 is 30.2 Å². The second-order valence-electron chi connectivity index (χ2n) is 2.97. The molecular weight excluding hydrogens is 338 g/mol. The van der Waals surface area contributed by atoms with Gasteiger partial charge in [-0.15, -0.1) is 0 Å². The molecule has 1 heterocycles. The number of hydrogen-bond donors (Lipinski definition) is 0. The molecule has 0 amide bonds. The maximum absolute atomic E-state index is 12.1. The lowest BCUT2D eigenvalue weighted by Gasteiger charge is -2.22. The molecule has 10 heteroatoms. The van der Waals surface area contributed by atoms with Gasteiger partial charge < -0.3 is 9.15 Å². The van der Waals surface area contributed by atoms with Crippen LogP contribution in [0.1, 0.15) is 10.6 Å². The summed E-state index contributed by atoms with van der Waals surface area (Å²) in [7, 11) is 0. The van der Waals surface area contributed by atoms with Crippen LogP contribution in [0.4, 0.5) is 26.3 Å². The summed E-state index contributed by atoms with van der Waals surface area (Å²) in [6.45, 7) is 0. The fourth-order valence-electron chi connectivity index (χ4n) is 0.908. The van der Waals surface area contributed by atoms with Crippen molar-refractivity contribution >= 4 is 21.9 Å². The van der Waals surface area contributed by atoms with E-state index in [0.29, 0.717) is 0 Å². The van der Waals surface area contributed by atoms with E-state index in [1.165, 1.54) is 0 Å². The zero-order valence-corrected chi connectivity index (χ0v) is 9.69. The van der Waals surface area contributed by atoms with Crippen molar-refractivity contribution in [2.45, 2.75) is 18.5 Å². The van der Waals surface area contributed by atoms with Crippen molar-refractivity contribution in [3.8, 4) is 0 Å². The number of ether oxygens (including phenoxy) is 1. The maximum atomic E-state index is 12.1. The van der Waals surface area contributed by atoms with Crippen LogP contribution in [-0.4, -0.2) is 24.4 Å². The lowest BCUT2D eigenvalue weighted by Crippen LogP contribution is -2.45. The zero-order chi connectivity index (χ0) is 14.1. The molecule has 0 saturated heterocycles. The molecule has 0 unspecified atom stereocenters. The first kappa shape index (κ1) is 14.9. The summed E-state index contributed by atoms with van der Waals surface area (Å²) in [5.41, 5.74) is 0. The molecule has 0 bridgehead atoms. The summed E-state index contributed by atoms with van der Waals surface area (Å²) in [5, 5.41) is 0. The molecule has 0 aliphatic rings. The highest BCUT2D eigenvalue weighted by molar-refractivity contribution is 9.10. The first-order chi connectivity index (χ1) is 8.01. The molecule has 0 spiro atoms. The van der Waals surface area contributed by atoms with Gasteiger partial charge in [-0.1, -0.05) is 0 Å². The molecule has 0 radical (unpaired) electrons. The topological polar surface area (TPSA) is 39.4 Å². The summed E-state index contributed by atoms with van der Waals surface area (Å²) in [6.07, 6.45) is -15.7. The van der Waals surface area contributed by atoms with Crippen molar-refractivity contribution in [3.05, 3.63) is 22.6 Å². The molecule has 3 nitrogen and oxygen atoms in total. The Hall–Kier alpha value is -1.19. The summed E-state index contributed by atoms with van der Waals surface area (Å²) < 4.78 is 80.2. The van der Waals surface area contributed by atoms with E-state index in [2.05, 4.69) is 25.1 Å². The molecule has 0 saturated carbocycles. The van der Waals surface area contributed by atoms with Crippen LogP contribution in [0.15, 0.2) is 21.2 Å². The molecule has 0 atom stereocenters. The third kappa shape index (κ3) is 3.65. The van der Waals surface area contributed by atoms with Crippen molar-refractivity contribution in [3.63, 3.8) is 0 Å². The van der Waals surface area contributed by atoms with Crippen LogP contribution in [0.25, 0.3) is 0 Å². The Kier molecular flexibility index (Phi) is 3.99. The highest BCUT2D eigenvalue weighted by Gasteiger charge is 2.60. The highest BCUT2D eigenvalue weighted by atomic mass is 79.9. The number of rotatable bonds is 2. The Morgan fingerprint density at radius 1 is 1.17 bits per heavy atom. The lowest BCUT2D eigenvalue weighted by atomic mass is 10.3. The van der Waals surface area contributed by atoms with Crippen molar-refractivity contribution in [1.82, 2.24) is 0 Å². The summed E-state index contributed by atoms with van der Waals surface area (Å²) in [5.74, 6) is -2.64. The fraction of sp³-hybridized carbons (Fsp3) is 0.375. The Morgan fingerprint density at radius 2 is 1.67 bits per heavy atom. The number of carbonyl (C=O) groups excluding carboxylic acids is 1. The van der Waals surface area contributed by atoms with Gasteiger partial charge in [-0.2, -0.15) is 26.3 Å². The van der Waals surface area contributed by atoms with Gasteiger partial charge in [0, 0.05) is 0 Å². The Balaban J connectivity index is 2.89. The van der Waals surface area contributed by atoms with Gasteiger partial charge in [0.15, 0.2) is 4.67 Å². The highest BCUT2D eigenvalue weighted by Crippen LogP contribution is 2.36. The van der Waals surface area contributed by atoms with Gasteiger partial charge in [-0.3, -0.25) is 0 Å². The predicted octanol–water partition coefficient (Wildman–Crippen LogP) is 3.69. The molecule has 1 aromatic heterocycles. The van der Waals surface area contributed by atoms with E-state index >= 15 is 0 Å². The number of hydrogen-bond acceptors (Lipinski definition) is 3. The molecule has 1 aromatic rings. The number of furan rings is 1. The average molecular weight is 341 g/mol. The van der Waals surface area contributed by atoms with Crippen LogP contribution in [0.3, 0.4) is 0 Å². The molecule has 0 aliphatic heterocycles. The van der Waals surface area contributed by atoms with Crippen LogP contribution in [0, 0.1) is 0 Å². The van der Waals surface area contributed by atoms with Crippen LogP contribution in [0.2, 0.25) is 0 Å². The Morgan fingerprint density at radius 3 is 2.00 bits per heavy atom. The van der Waals surface area contributed by atoms with E-state index in [9.17, 15) is 31.1 Å². The second kappa shape index (κ2) is 4.82. The number of carbonyl (C=O) groups is 1. The molecule has 0 aliphatic carbocycles. The Bertz CT molecular complexity index is 421. The minimum atomic E-state index is -5.75. The van der Waals surface area contributed by atoms with Crippen LogP contribution in [0.5, 0.6) is 0 Å². The maximum Gasteiger partial charge on any atom is 0.434 e. The van der Waals surface area contributed by atoms with Crippen molar-refractivity contribution in [2.75, 3.05) is 0 Å². The summed E-state index contributed by atoms with van der Waals surface area (Å²) in [4.78, 5) is 11.0. The van der Waals surface area contributed by atoms with E-state index in [1.807, 2.05) is 0 Å². The first-order valence-electron chi connectivity index (χ1n) is 4.11. The van der Waals surface area contributed by atoms with Gasteiger partial charge in [0.25, 0.3) is 6.10 Å². The monoisotopic (exact) mass is 340 g/mol. The smallest absolute Gasteiger partial charge is 0.434 e. The molecule has 18 heavy (non-hydrogen) atoms. The quantitative estimate of drug-likeness (QED) is 0.608. The molecule has 1 rings (SSSR count). The van der Waals surface area contributed by atoms with Crippen molar-refractivity contribution in [1.29, 1.82) is 0 Å². The van der Waals surface area contributed by atoms with Gasteiger partial charge >= 0.3 is 18.3 Å². The number of halogens is 7. The number of esters is 1. The minimum absolute atomic E-state index is 0.0370. The van der Waals surface area contributed by atoms with Gasteiger partial charge in [-0.25, -0.2) is 4.79 Å². The standard InChI is InChI=1S/C8H3BrF6O3/c9-4-2-1-3(17-4)5(16)18-6(7(10,11)12)8(13,14)15/h1-2,6H.